The topological polar surface area (TPSA) is 80.8 Å². The molecule has 0 N–H and O–H groups in total. The molecule has 1 amide bonds. The van der Waals surface area contributed by atoms with Gasteiger partial charge in [-0.3, -0.25) is 9.59 Å². The van der Waals surface area contributed by atoms with Crippen molar-refractivity contribution in [2.75, 3.05) is 0 Å². The van der Waals surface area contributed by atoms with Crippen molar-refractivity contribution >= 4 is 21.9 Å². The highest BCUT2D eigenvalue weighted by atomic mass is 32.2. The van der Waals surface area contributed by atoms with E-state index in [0.29, 0.717) is 4.31 Å². The Morgan fingerprint density at radius 1 is 1.32 bits per heavy atom. The molecule has 1 aliphatic rings. The standard InChI is InChI=1S/C12H13NO5S/c1-9(14)18-12-8-7-11(15)13(12)19(16,17)10-5-3-2-4-6-10/h2-6,12H,7-8H2,1H3. The molecule has 1 aliphatic heterocycles. The average Bonchev–Trinajstić information content (AvgIpc) is 2.71. The van der Waals surface area contributed by atoms with E-state index in [0.717, 1.165) is 0 Å². The van der Waals surface area contributed by atoms with Gasteiger partial charge in [0.25, 0.3) is 10.0 Å². The monoisotopic (exact) mass is 283 g/mol. The number of ether oxygens (including phenoxy) is 1. The quantitative estimate of drug-likeness (QED) is 0.769. The first kappa shape index (κ1) is 13.5. The molecule has 1 atom stereocenters. The van der Waals surface area contributed by atoms with Crippen LogP contribution in [0.5, 0.6) is 0 Å². The molecule has 0 aromatic heterocycles. The van der Waals surface area contributed by atoms with Crippen LogP contribution in [0.3, 0.4) is 0 Å². The third-order valence-electron chi connectivity index (χ3n) is 2.71. The lowest BCUT2D eigenvalue weighted by molar-refractivity contribution is -0.151. The lowest BCUT2D eigenvalue weighted by atomic mass is 10.3. The van der Waals surface area contributed by atoms with Crippen LogP contribution in [0.2, 0.25) is 0 Å². The molecule has 7 heteroatoms. The third-order valence-corrected chi connectivity index (χ3v) is 4.54. The van der Waals surface area contributed by atoms with Gasteiger partial charge in [-0.2, -0.15) is 4.31 Å². The number of rotatable bonds is 3. The summed E-state index contributed by atoms with van der Waals surface area (Å²) in [5.41, 5.74) is 0. The van der Waals surface area contributed by atoms with Gasteiger partial charge in [0.2, 0.25) is 5.91 Å². The summed E-state index contributed by atoms with van der Waals surface area (Å²) in [6.07, 6.45) is -0.815. The van der Waals surface area contributed by atoms with Gasteiger partial charge in [-0.1, -0.05) is 18.2 Å². The van der Waals surface area contributed by atoms with E-state index in [4.69, 9.17) is 4.74 Å². The van der Waals surface area contributed by atoms with Crippen LogP contribution in [0.25, 0.3) is 0 Å². The van der Waals surface area contributed by atoms with Gasteiger partial charge in [0.15, 0.2) is 6.23 Å². The number of benzene rings is 1. The highest BCUT2D eigenvalue weighted by Gasteiger charge is 2.42. The van der Waals surface area contributed by atoms with Gasteiger partial charge in [-0.15, -0.1) is 0 Å². The molecule has 0 aliphatic carbocycles. The van der Waals surface area contributed by atoms with Crippen LogP contribution >= 0.6 is 0 Å². The second-order valence-electron chi connectivity index (χ2n) is 4.11. The lowest BCUT2D eigenvalue weighted by Crippen LogP contribution is -2.40. The van der Waals surface area contributed by atoms with Gasteiger partial charge in [0.1, 0.15) is 0 Å². The second-order valence-corrected chi connectivity index (χ2v) is 5.93. The summed E-state index contributed by atoms with van der Waals surface area (Å²) < 4.78 is 30.2. The Morgan fingerprint density at radius 2 is 1.95 bits per heavy atom. The van der Waals surface area contributed by atoms with Crippen LogP contribution in [-0.2, 0) is 24.3 Å². The summed E-state index contributed by atoms with van der Waals surface area (Å²) in [5.74, 6) is -1.18. The molecule has 102 valence electrons. The van der Waals surface area contributed by atoms with Crippen LogP contribution in [0.1, 0.15) is 19.8 Å². The van der Waals surface area contributed by atoms with E-state index in [9.17, 15) is 18.0 Å². The summed E-state index contributed by atoms with van der Waals surface area (Å²) >= 11 is 0. The number of hydrogen-bond acceptors (Lipinski definition) is 5. The number of nitrogens with zero attached hydrogens (tertiary/aromatic N) is 1. The molecule has 1 aromatic rings. The van der Waals surface area contributed by atoms with Crippen molar-refractivity contribution in [3.8, 4) is 0 Å². The number of amides is 1. The maximum absolute atomic E-state index is 12.4. The lowest BCUT2D eigenvalue weighted by Gasteiger charge is -2.23. The largest absolute Gasteiger partial charge is 0.441 e. The highest BCUT2D eigenvalue weighted by Crippen LogP contribution is 2.27. The van der Waals surface area contributed by atoms with Crippen molar-refractivity contribution < 1.29 is 22.7 Å². The highest BCUT2D eigenvalue weighted by molar-refractivity contribution is 7.89. The Balaban J connectivity index is 2.37. The fraction of sp³-hybridized carbons (Fsp3) is 0.333. The van der Waals surface area contributed by atoms with Crippen molar-refractivity contribution in [2.45, 2.75) is 30.9 Å². The zero-order valence-corrected chi connectivity index (χ0v) is 11.1. The van der Waals surface area contributed by atoms with Crippen LogP contribution in [-0.4, -0.2) is 30.8 Å². The van der Waals surface area contributed by atoms with Crippen molar-refractivity contribution in [1.29, 1.82) is 0 Å². The van der Waals surface area contributed by atoms with E-state index < -0.39 is 28.1 Å². The Bertz CT molecular complexity index is 596. The van der Waals surface area contributed by atoms with Crippen molar-refractivity contribution in [1.82, 2.24) is 4.31 Å². The molecule has 1 heterocycles. The predicted octanol–water partition coefficient (Wildman–Crippen LogP) is 0.887. The van der Waals surface area contributed by atoms with E-state index in [1.54, 1.807) is 18.2 Å². The van der Waals surface area contributed by atoms with Crippen molar-refractivity contribution in [3.05, 3.63) is 30.3 Å². The molecule has 0 bridgehead atoms. The molecule has 0 radical (unpaired) electrons. The van der Waals surface area contributed by atoms with Gasteiger partial charge in [0.05, 0.1) is 4.90 Å². The second kappa shape index (κ2) is 5.00. The van der Waals surface area contributed by atoms with Crippen LogP contribution in [0, 0.1) is 0 Å². The van der Waals surface area contributed by atoms with Crippen molar-refractivity contribution in [3.63, 3.8) is 0 Å². The Labute approximate surface area is 111 Å². The summed E-state index contributed by atoms with van der Waals surface area (Å²) in [5, 5.41) is 0. The number of carbonyl (C=O) groups is 2. The fourth-order valence-electron chi connectivity index (χ4n) is 1.93. The van der Waals surface area contributed by atoms with Crippen LogP contribution < -0.4 is 0 Å². The minimum absolute atomic E-state index is 0.00222. The molecule has 6 nitrogen and oxygen atoms in total. The summed E-state index contributed by atoms with van der Waals surface area (Å²) in [4.78, 5) is 22.7. The molecule has 19 heavy (non-hydrogen) atoms. The van der Waals surface area contributed by atoms with Gasteiger partial charge in [-0.25, -0.2) is 8.42 Å². The smallest absolute Gasteiger partial charge is 0.304 e. The zero-order chi connectivity index (χ0) is 14.0. The minimum atomic E-state index is -3.98. The first-order chi connectivity index (χ1) is 8.93. The number of carbonyl (C=O) groups excluding carboxylic acids is 2. The average molecular weight is 283 g/mol. The molecule has 0 spiro atoms. The Hall–Kier alpha value is -1.89. The first-order valence-corrected chi connectivity index (χ1v) is 7.16. The Morgan fingerprint density at radius 3 is 2.53 bits per heavy atom. The SMILES string of the molecule is CC(=O)OC1CCC(=O)N1S(=O)(=O)c1ccccc1. The minimum Gasteiger partial charge on any atom is -0.441 e. The van der Waals surface area contributed by atoms with E-state index in [2.05, 4.69) is 0 Å². The summed E-state index contributed by atoms with van der Waals surface area (Å²) in [7, 11) is -3.98. The fourth-order valence-corrected chi connectivity index (χ4v) is 3.47. The number of sulfonamides is 1. The van der Waals surface area contributed by atoms with Gasteiger partial charge in [-0.05, 0) is 12.1 Å². The molecular weight excluding hydrogens is 270 g/mol. The van der Waals surface area contributed by atoms with Crippen LogP contribution in [0.15, 0.2) is 35.2 Å². The van der Waals surface area contributed by atoms with E-state index in [-0.39, 0.29) is 17.7 Å². The Kier molecular flexibility index (Phi) is 3.57. The van der Waals surface area contributed by atoms with Crippen molar-refractivity contribution in [2.24, 2.45) is 0 Å². The maximum Gasteiger partial charge on any atom is 0.304 e. The molecule has 1 aromatic carbocycles. The molecular formula is C12H13NO5S. The molecule has 1 fully saturated rings. The molecule has 1 saturated heterocycles. The maximum atomic E-state index is 12.4. The number of hydrogen-bond donors (Lipinski definition) is 0. The normalized spacial score (nSPS) is 19.5. The first-order valence-electron chi connectivity index (χ1n) is 5.72. The van der Waals surface area contributed by atoms with E-state index in [1.807, 2.05) is 0 Å². The summed E-state index contributed by atoms with van der Waals surface area (Å²) in [6.45, 7) is 1.18. The molecule has 0 saturated carbocycles. The number of esters is 1. The zero-order valence-electron chi connectivity index (χ0n) is 10.3. The predicted molar refractivity (Wildman–Crippen MR) is 65.3 cm³/mol. The van der Waals surface area contributed by atoms with Gasteiger partial charge in [0, 0.05) is 19.8 Å². The van der Waals surface area contributed by atoms with E-state index in [1.165, 1.54) is 19.1 Å². The molecule has 2 rings (SSSR count). The third kappa shape index (κ3) is 2.60. The molecule has 1 unspecified atom stereocenters. The van der Waals surface area contributed by atoms with Gasteiger partial charge < -0.3 is 4.74 Å². The van der Waals surface area contributed by atoms with Gasteiger partial charge >= 0.3 is 5.97 Å². The van der Waals surface area contributed by atoms with E-state index >= 15 is 0 Å². The van der Waals surface area contributed by atoms with Crippen LogP contribution in [0.4, 0.5) is 0 Å². The summed E-state index contributed by atoms with van der Waals surface area (Å²) in [6, 6.07) is 7.59.